The van der Waals surface area contributed by atoms with E-state index < -0.39 is 6.09 Å². The smallest absolute Gasteiger partial charge is 0.404 e. The molecule has 2 amide bonds. The van der Waals surface area contributed by atoms with Gasteiger partial charge in [-0.05, 0) is 30.7 Å². The Labute approximate surface area is 98.8 Å². The van der Waals surface area contributed by atoms with Gasteiger partial charge in [-0.25, -0.2) is 4.79 Å². The van der Waals surface area contributed by atoms with Gasteiger partial charge in [0.1, 0.15) is 0 Å². The molecular formula is C11H15N3O3. The number of nitrogens with one attached hydrogen (secondary N) is 2. The molecule has 1 rings (SSSR count). The van der Waals surface area contributed by atoms with Gasteiger partial charge in [0, 0.05) is 24.3 Å². The molecule has 1 aromatic rings. The molecule has 0 aromatic heterocycles. The molecule has 0 aliphatic rings. The fourth-order valence-corrected chi connectivity index (χ4v) is 1.22. The third kappa shape index (κ3) is 4.87. The molecule has 1 aromatic carbocycles. The first-order chi connectivity index (χ1) is 8.09. The van der Waals surface area contributed by atoms with Gasteiger partial charge < -0.3 is 21.5 Å². The maximum atomic E-state index is 11.6. The first kappa shape index (κ1) is 12.8. The number of hydrogen-bond donors (Lipinski definition) is 4. The van der Waals surface area contributed by atoms with E-state index in [1.165, 1.54) is 0 Å². The SMILES string of the molecule is Nc1ccc(C(=O)NCCCNC(=O)O)cc1. The Morgan fingerprint density at radius 3 is 2.29 bits per heavy atom. The summed E-state index contributed by atoms with van der Waals surface area (Å²) in [5, 5.41) is 13.2. The van der Waals surface area contributed by atoms with E-state index in [0.29, 0.717) is 30.8 Å². The van der Waals surface area contributed by atoms with Crippen molar-refractivity contribution in [2.75, 3.05) is 18.8 Å². The Balaban J connectivity index is 2.25. The predicted octanol–water partition coefficient (Wildman–Crippen LogP) is 0.656. The van der Waals surface area contributed by atoms with E-state index in [1.54, 1.807) is 24.3 Å². The quantitative estimate of drug-likeness (QED) is 0.446. The van der Waals surface area contributed by atoms with Crippen molar-refractivity contribution < 1.29 is 14.7 Å². The molecule has 0 heterocycles. The lowest BCUT2D eigenvalue weighted by Crippen LogP contribution is -2.29. The number of carbonyl (C=O) groups is 2. The summed E-state index contributed by atoms with van der Waals surface area (Å²) >= 11 is 0. The zero-order chi connectivity index (χ0) is 12.7. The lowest BCUT2D eigenvalue weighted by atomic mass is 10.2. The maximum Gasteiger partial charge on any atom is 0.404 e. The highest BCUT2D eigenvalue weighted by molar-refractivity contribution is 5.94. The van der Waals surface area contributed by atoms with Crippen LogP contribution in [0.4, 0.5) is 10.5 Å². The molecule has 0 bridgehead atoms. The van der Waals surface area contributed by atoms with E-state index in [0.717, 1.165) is 0 Å². The molecule has 0 fully saturated rings. The van der Waals surface area contributed by atoms with Gasteiger partial charge in [0.05, 0.1) is 0 Å². The molecule has 6 nitrogen and oxygen atoms in total. The van der Waals surface area contributed by atoms with E-state index in [9.17, 15) is 9.59 Å². The van der Waals surface area contributed by atoms with Crippen LogP contribution >= 0.6 is 0 Å². The van der Waals surface area contributed by atoms with Gasteiger partial charge in [0.15, 0.2) is 0 Å². The van der Waals surface area contributed by atoms with Crippen LogP contribution in [0.5, 0.6) is 0 Å². The molecule has 0 radical (unpaired) electrons. The third-order valence-corrected chi connectivity index (χ3v) is 2.09. The van der Waals surface area contributed by atoms with Gasteiger partial charge in [-0.1, -0.05) is 0 Å². The number of benzene rings is 1. The molecular weight excluding hydrogens is 222 g/mol. The summed E-state index contributed by atoms with van der Waals surface area (Å²) in [6.45, 7) is 0.737. The summed E-state index contributed by atoms with van der Waals surface area (Å²) in [7, 11) is 0. The normalized spacial score (nSPS) is 9.65. The summed E-state index contributed by atoms with van der Waals surface area (Å²) < 4.78 is 0. The van der Waals surface area contributed by atoms with Crippen molar-refractivity contribution in [1.29, 1.82) is 0 Å². The van der Waals surface area contributed by atoms with Gasteiger partial charge in [0.2, 0.25) is 0 Å². The van der Waals surface area contributed by atoms with Crippen molar-refractivity contribution in [2.24, 2.45) is 0 Å². The summed E-state index contributed by atoms with van der Waals surface area (Å²) in [6.07, 6.45) is -0.512. The molecule has 92 valence electrons. The van der Waals surface area contributed by atoms with Crippen molar-refractivity contribution in [2.45, 2.75) is 6.42 Å². The Bertz CT molecular complexity index is 389. The zero-order valence-corrected chi connectivity index (χ0v) is 9.27. The number of carbonyl (C=O) groups excluding carboxylic acids is 1. The van der Waals surface area contributed by atoms with E-state index in [4.69, 9.17) is 10.8 Å². The van der Waals surface area contributed by atoms with Crippen molar-refractivity contribution >= 4 is 17.7 Å². The summed E-state index contributed by atoms with van der Waals surface area (Å²) in [4.78, 5) is 21.7. The first-order valence-corrected chi connectivity index (χ1v) is 5.20. The molecule has 0 unspecified atom stereocenters. The van der Waals surface area contributed by atoms with E-state index in [2.05, 4.69) is 10.6 Å². The fourth-order valence-electron chi connectivity index (χ4n) is 1.22. The van der Waals surface area contributed by atoms with Gasteiger partial charge >= 0.3 is 6.09 Å². The van der Waals surface area contributed by atoms with Crippen LogP contribution in [0.2, 0.25) is 0 Å². The topological polar surface area (TPSA) is 104 Å². The van der Waals surface area contributed by atoms with Gasteiger partial charge in [0.25, 0.3) is 5.91 Å². The second-order valence-corrected chi connectivity index (χ2v) is 3.46. The molecule has 0 aliphatic heterocycles. The second-order valence-electron chi connectivity index (χ2n) is 3.46. The van der Waals surface area contributed by atoms with Crippen LogP contribution in [0.25, 0.3) is 0 Å². The number of anilines is 1. The standard InChI is InChI=1S/C11H15N3O3/c12-9-4-2-8(3-5-9)10(15)13-6-1-7-14-11(16)17/h2-5,14H,1,6-7,12H2,(H,13,15)(H,16,17). The highest BCUT2D eigenvalue weighted by Crippen LogP contribution is 2.04. The largest absolute Gasteiger partial charge is 0.465 e. The molecule has 5 N–H and O–H groups in total. The van der Waals surface area contributed by atoms with Crippen molar-refractivity contribution in [3.63, 3.8) is 0 Å². The molecule has 0 spiro atoms. The Hall–Kier alpha value is -2.24. The molecule has 0 atom stereocenters. The zero-order valence-electron chi connectivity index (χ0n) is 9.27. The number of amides is 2. The molecule has 0 aliphatic carbocycles. The second kappa shape index (κ2) is 6.37. The fraction of sp³-hybridized carbons (Fsp3) is 0.273. The Morgan fingerprint density at radius 1 is 1.12 bits per heavy atom. The Morgan fingerprint density at radius 2 is 1.71 bits per heavy atom. The summed E-state index contributed by atoms with van der Waals surface area (Å²) in [6, 6.07) is 6.59. The third-order valence-electron chi connectivity index (χ3n) is 2.09. The Kier molecular flexibility index (Phi) is 4.80. The van der Waals surface area contributed by atoms with Crippen LogP contribution in [0.1, 0.15) is 16.8 Å². The summed E-state index contributed by atoms with van der Waals surface area (Å²) in [5.74, 6) is -0.194. The number of nitrogens with two attached hydrogens (primary N) is 1. The minimum absolute atomic E-state index is 0.194. The van der Waals surface area contributed by atoms with Crippen molar-refractivity contribution in [1.82, 2.24) is 10.6 Å². The average Bonchev–Trinajstić information content (AvgIpc) is 2.29. The van der Waals surface area contributed by atoms with Crippen LogP contribution in [-0.2, 0) is 0 Å². The van der Waals surface area contributed by atoms with E-state index in [-0.39, 0.29) is 5.91 Å². The van der Waals surface area contributed by atoms with E-state index in [1.807, 2.05) is 0 Å². The average molecular weight is 237 g/mol. The van der Waals surface area contributed by atoms with Gasteiger partial charge in [-0.2, -0.15) is 0 Å². The van der Waals surface area contributed by atoms with Crippen LogP contribution in [0, 0.1) is 0 Å². The van der Waals surface area contributed by atoms with Crippen LogP contribution in [0.15, 0.2) is 24.3 Å². The number of rotatable bonds is 5. The lowest BCUT2D eigenvalue weighted by Gasteiger charge is -2.05. The number of carboxylic acid groups (broad SMARTS) is 1. The number of hydrogen-bond acceptors (Lipinski definition) is 3. The highest BCUT2D eigenvalue weighted by atomic mass is 16.4. The van der Waals surface area contributed by atoms with Crippen molar-refractivity contribution in [3.05, 3.63) is 29.8 Å². The van der Waals surface area contributed by atoms with Crippen LogP contribution in [-0.4, -0.2) is 30.2 Å². The van der Waals surface area contributed by atoms with Gasteiger partial charge in [-0.15, -0.1) is 0 Å². The van der Waals surface area contributed by atoms with Crippen molar-refractivity contribution in [3.8, 4) is 0 Å². The predicted molar refractivity (Wildman–Crippen MR) is 63.8 cm³/mol. The minimum Gasteiger partial charge on any atom is -0.465 e. The molecule has 0 saturated carbocycles. The maximum absolute atomic E-state index is 11.6. The van der Waals surface area contributed by atoms with Crippen LogP contribution in [0.3, 0.4) is 0 Å². The van der Waals surface area contributed by atoms with E-state index >= 15 is 0 Å². The molecule has 0 saturated heterocycles. The van der Waals surface area contributed by atoms with Gasteiger partial charge in [-0.3, -0.25) is 4.79 Å². The lowest BCUT2D eigenvalue weighted by molar-refractivity contribution is 0.0953. The highest BCUT2D eigenvalue weighted by Gasteiger charge is 2.03. The van der Waals surface area contributed by atoms with Crippen LogP contribution < -0.4 is 16.4 Å². The molecule has 6 heteroatoms. The minimum atomic E-state index is -1.06. The monoisotopic (exact) mass is 237 g/mol. The molecule has 17 heavy (non-hydrogen) atoms. The summed E-state index contributed by atoms with van der Waals surface area (Å²) in [5.41, 5.74) is 6.64. The number of nitrogen functional groups attached to an aromatic ring is 1. The first-order valence-electron chi connectivity index (χ1n) is 5.20.